The van der Waals surface area contributed by atoms with Gasteiger partial charge in [-0.05, 0) is 43.0 Å². The standard InChI is InChI=1S/C27H37O2PSi/c1-22-17-18-24(29-31(5,6)27(2,3)4)21-23(22)19-20-30(28,25-13-9-7-10-14-25)26-15-11-8-12-16-26/h7-16,21,24H,1,17-20H2,2-6H3/t24-/m0/s1. The Labute approximate surface area is 189 Å². The van der Waals surface area contributed by atoms with Crippen molar-refractivity contribution in [3.8, 4) is 0 Å². The molecule has 0 fully saturated rings. The van der Waals surface area contributed by atoms with Gasteiger partial charge >= 0.3 is 0 Å². The third-order valence-electron chi connectivity index (χ3n) is 6.87. The lowest BCUT2D eigenvalue weighted by Crippen LogP contribution is -2.44. The summed E-state index contributed by atoms with van der Waals surface area (Å²) in [6, 6.07) is 19.9. The lowest BCUT2D eigenvalue weighted by atomic mass is 9.92. The zero-order chi connectivity index (χ0) is 22.7. The Morgan fingerprint density at radius 2 is 1.52 bits per heavy atom. The van der Waals surface area contributed by atoms with Gasteiger partial charge in [0.05, 0.1) is 6.10 Å². The van der Waals surface area contributed by atoms with Gasteiger partial charge in [-0.1, -0.05) is 99.7 Å². The van der Waals surface area contributed by atoms with E-state index in [-0.39, 0.29) is 11.1 Å². The Kier molecular flexibility index (Phi) is 7.31. The van der Waals surface area contributed by atoms with Crippen LogP contribution in [0.5, 0.6) is 0 Å². The molecule has 166 valence electrons. The van der Waals surface area contributed by atoms with Crippen molar-refractivity contribution in [2.45, 2.75) is 64.3 Å². The quantitative estimate of drug-likeness (QED) is 0.332. The van der Waals surface area contributed by atoms with E-state index in [1.165, 1.54) is 11.1 Å². The summed E-state index contributed by atoms with van der Waals surface area (Å²) >= 11 is 0. The lowest BCUT2D eigenvalue weighted by molar-refractivity contribution is 0.211. The Bertz CT molecular complexity index is 928. The van der Waals surface area contributed by atoms with E-state index in [9.17, 15) is 4.57 Å². The number of hydrogen-bond acceptors (Lipinski definition) is 2. The van der Waals surface area contributed by atoms with Crippen LogP contribution < -0.4 is 10.6 Å². The van der Waals surface area contributed by atoms with E-state index in [0.717, 1.165) is 29.9 Å². The molecule has 4 heteroatoms. The summed E-state index contributed by atoms with van der Waals surface area (Å²) < 4.78 is 21.0. The van der Waals surface area contributed by atoms with Gasteiger partial charge in [0.25, 0.3) is 0 Å². The molecule has 0 heterocycles. The molecule has 1 aliphatic carbocycles. The van der Waals surface area contributed by atoms with E-state index in [4.69, 9.17) is 4.43 Å². The highest BCUT2D eigenvalue weighted by Crippen LogP contribution is 2.46. The number of allylic oxidation sites excluding steroid dienone is 2. The zero-order valence-electron chi connectivity index (χ0n) is 19.7. The topological polar surface area (TPSA) is 26.3 Å². The molecule has 2 nitrogen and oxygen atoms in total. The minimum atomic E-state index is -2.72. The van der Waals surface area contributed by atoms with Gasteiger partial charge in [-0.3, -0.25) is 0 Å². The van der Waals surface area contributed by atoms with Crippen LogP contribution in [0.25, 0.3) is 0 Å². The minimum Gasteiger partial charge on any atom is -0.411 e. The fourth-order valence-corrected chi connectivity index (χ4v) is 7.81. The molecule has 2 aromatic rings. The Morgan fingerprint density at radius 1 is 1.00 bits per heavy atom. The van der Waals surface area contributed by atoms with Crippen LogP contribution >= 0.6 is 7.14 Å². The second-order valence-electron chi connectivity index (χ2n) is 10.1. The predicted octanol–water partition coefficient (Wildman–Crippen LogP) is 7.06. The highest BCUT2D eigenvalue weighted by Gasteiger charge is 2.39. The lowest BCUT2D eigenvalue weighted by Gasteiger charge is -2.40. The summed E-state index contributed by atoms with van der Waals surface area (Å²) in [4.78, 5) is 0. The van der Waals surface area contributed by atoms with E-state index < -0.39 is 15.5 Å². The first-order valence-electron chi connectivity index (χ1n) is 11.3. The van der Waals surface area contributed by atoms with Gasteiger partial charge in [-0.2, -0.15) is 0 Å². The van der Waals surface area contributed by atoms with Crippen LogP contribution in [0.4, 0.5) is 0 Å². The molecule has 2 aromatic carbocycles. The van der Waals surface area contributed by atoms with Crippen LogP contribution in [0.3, 0.4) is 0 Å². The van der Waals surface area contributed by atoms with Gasteiger partial charge in [0.15, 0.2) is 8.32 Å². The van der Waals surface area contributed by atoms with Gasteiger partial charge in [0, 0.05) is 16.8 Å². The molecular formula is C27H37O2PSi. The number of benzene rings is 2. The molecule has 0 unspecified atom stereocenters. The van der Waals surface area contributed by atoms with Crippen molar-refractivity contribution in [1.82, 2.24) is 0 Å². The van der Waals surface area contributed by atoms with Gasteiger partial charge in [0.2, 0.25) is 0 Å². The molecule has 0 spiro atoms. The first-order chi connectivity index (χ1) is 14.5. The van der Waals surface area contributed by atoms with Crippen LogP contribution in [-0.2, 0) is 8.99 Å². The van der Waals surface area contributed by atoms with E-state index in [1.807, 2.05) is 60.7 Å². The van der Waals surface area contributed by atoms with E-state index >= 15 is 0 Å². The normalized spacial score (nSPS) is 18.0. The zero-order valence-corrected chi connectivity index (χ0v) is 21.6. The fourth-order valence-electron chi connectivity index (χ4n) is 3.83. The third kappa shape index (κ3) is 5.58. The van der Waals surface area contributed by atoms with Gasteiger partial charge in [-0.25, -0.2) is 0 Å². The molecule has 0 saturated carbocycles. The maximum absolute atomic E-state index is 14.3. The van der Waals surface area contributed by atoms with Gasteiger partial charge in [0.1, 0.15) is 7.14 Å². The van der Waals surface area contributed by atoms with Crippen molar-refractivity contribution in [3.63, 3.8) is 0 Å². The van der Waals surface area contributed by atoms with Crippen molar-refractivity contribution in [2.75, 3.05) is 6.16 Å². The van der Waals surface area contributed by atoms with Crippen LogP contribution in [0.1, 0.15) is 40.0 Å². The summed E-state index contributed by atoms with van der Waals surface area (Å²) in [6.07, 6.45) is 5.72. The summed E-state index contributed by atoms with van der Waals surface area (Å²) in [5.41, 5.74) is 2.39. The molecule has 0 radical (unpaired) electrons. The number of hydrogen-bond donors (Lipinski definition) is 0. The smallest absolute Gasteiger partial charge is 0.192 e. The molecule has 0 saturated heterocycles. The second-order valence-corrected chi connectivity index (χ2v) is 17.9. The molecule has 0 aromatic heterocycles. The monoisotopic (exact) mass is 452 g/mol. The van der Waals surface area contributed by atoms with Crippen LogP contribution in [0.2, 0.25) is 18.1 Å². The highest BCUT2D eigenvalue weighted by molar-refractivity contribution is 7.78. The molecular weight excluding hydrogens is 415 g/mol. The SMILES string of the molecule is C=C1CC[C@H](O[Si](C)(C)C(C)(C)C)C=C1CCP(=O)(c1ccccc1)c1ccccc1. The van der Waals surface area contributed by atoms with Crippen molar-refractivity contribution >= 4 is 26.1 Å². The summed E-state index contributed by atoms with van der Waals surface area (Å²) in [6.45, 7) is 15.8. The van der Waals surface area contributed by atoms with Crippen molar-refractivity contribution in [2.24, 2.45) is 0 Å². The summed E-state index contributed by atoms with van der Waals surface area (Å²) in [5, 5.41) is 2.04. The number of rotatable bonds is 7. The minimum absolute atomic E-state index is 0.134. The van der Waals surface area contributed by atoms with Crippen molar-refractivity contribution < 1.29 is 8.99 Å². The molecule has 0 N–H and O–H groups in total. The summed E-state index contributed by atoms with van der Waals surface area (Å²) in [7, 11) is -4.56. The summed E-state index contributed by atoms with van der Waals surface area (Å²) in [5.74, 6) is 0. The molecule has 1 aliphatic rings. The largest absolute Gasteiger partial charge is 0.411 e. The molecule has 31 heavy (non-hydrogen) atoms. The van der Waals surface area contributed by atoms with Crippen molar-refractivity contribution in [3.05, 3.63) is 84.5 Å². The molecule has 1 atom stereocenters. The Morgan fingerprint density at radius 3 is 2.00 bits per heavy atom. The third-order valence-corrected chi connectivity index (χ3v) is 14.5. The van der Waals surface area contributed by atoms with E-state index in [2.05, 4.69) is 46.5 Å². The van der Waals surface area contributed by atoms with Crippen LogP contribution in [-0.4, -0.2) is 20.6 Å². The average molecular weight is 453 g/mol. The van der Waals surface area contributed by atoms with E-state index in [1.54, 1.807) is 0 Å². The molecule has 0 bridgehead atoms. The molecule has 0 amide bonds. The molecule has 3 rings (SSSR count). The Balaban J connectivity index is 1.84. The maximum atomic E-state index is 14.3. The van der Waals surface area contributed by atoms with E-state index in [0.29, 0.717) is 6.16 Å². The average Bonchev–Trinajstić information content (AvgIpc) is 2.74. The van der Waals surface area contributed by atoms with Crippen LogP contribution in [0, 0.1) is 0 Å². The Hall–Kier alpha value is -1.67. The van der Waals surface area contributed by atoms with Gasteiger partial charge < -0.3 is 8.99 Å². The first kappa shape index (κ1) is 24.0. The van der Waals surface area contributed by atoms with Crippen LogP contribution in [0.15, 0.2) is 84.5 Å². The highest BCUT2D eigenvalue weighted by atomic mass is 31.2. The first-order valence-corrected chi connectivity index (χ1v) is 16.1. The fraction of sp³-hybridized carbons (Fsp3) is 0.407. The predicted molar refractivity (Wildman–Crippen MR) is 138 cm³/mol. The second kappa shape index (κ2) is 9.44. The maximum Gasteiger partial charge on any atom is 0.192 e. The van der Waals surface area contributed by atoms with Crippen molar-refractivity contribution in [1.29, 1.82) is 0 Å². The van der Waals surface area contributed by atoms with Gasteiger partial charge in [-0.15, -0.1) is 0 Å². The molecule has 0 aliphatic heterocycles.